The normalized spacial score (nSPS) is 11.0. The molecule has 1 heterocycles. The van der Waals surface area contributed by atoms with E-state index in [-0.39, 0.29) is 0 Å². The van der Waals surface area contributed by atoms with Gasteiger partial charge in [0.1, 0.15) is 0 Å². The number of rotatable bonds is 8. The predicted octanol–water partition coefficient (Wildman–Crippen LogP) is 3.18. The standard InChI is InChI=1S/C18H24N4O2/c1-5-8-15-9-14(10-16(23-6-2)17(15)24-7-3)11-20-22-12-13(4)21-18(22)19/h5,9-12H,1,6-8H2,2-4H3,(H2,19,21). The Hall–Kier alpha value is -2.76. The van der Waals surface area contributed by atoms with E-state index >= 15 is 0 Å². The van der Waals surface area contributed by atoms with Crippen LogP contribution >= 0.6 is 0 Å². The third-order valence-corrected chi connectivity index (χ3v) is 3.27. The van der Waals surface area contributed by atoms with Crippen molar-refractivity contribution >= 4 is 12.2 Å². The Bertz CT molecular complexity index is 735. The molecule has 1 aromatic heterocycles. The number of anilines is 1. The van der Waals surface area contributed by atoms with Crippen molar-refractivity contribution in [2.75, 3.05) is 18.9 Å². The summed E-state index contributed by atoms with van der Waals surface area (Å²) in [6.07, 6.45) is 6.02. The fourth-order valence-electron chi connectivity index (χ4n) is 2.36. The zero-order chi connectivity index (χ0) is 17.5. The Balaban J connectivity index is 2.41. The van der Waals surface area contributed by atoms with Crippen LogP contribution in [0, 0.1) is 6.92 Å². The zero-order valence-corrected chi connectivity index (χ0v) is 14.5. The molecule has 128 valence electrons. The number of ether oxygens (including phenoxy) is 2. The second-order valence-corrected chi connectivity index (χ2v) is 5.20. The van der Waals surface area contributed by atoms with Crippen LogP contribution in [-0.4, -0.2) is 29.1 Å². The summed E-state index contributed by atoms with van der Waals surface area (Å²) in [4.78, 5) is 4.12. The molecule has 0 bridgehead atoms. The fourth-order valence-corrected chi connectivity index (χ4v) is 2.36. The molecule has 1 aromatic carbocycles. The minimum atomic E-state index is 0.353. The molecule has 6 nitrogen and oxygen atoms in total. The number of allylic oxidation sites excluding steroid dienone is 1. The van der Waals surface area contributed by atoms with E-state index in [4.69, 9.17) is 15.2 Å². The minimum Gasteiger partial charge on any atom is -0.490 e. The molecule has 24 heavy (non-hydrogen) atoms. The first kappa shape index (κ1) is 17.6. The lowest BCUT2D eigenvalue weighted by Crippen LogP contribution is -2.03. The number of aryl methyl sites for hydroxylation is 1. The van der Waals surface area contributed by atoms with Gasteiger partial charge >= 0.3 is 0 Å². The molecule has 2 aromatic rings. The van der Waals surface area contributed by atoms with Crippen molar-refractivity contribution in [1.82, 2.24) is 9.66 Å². The summed E-state index contributed by atoms with van der Waals surface area (Å²) in [5.74, 6) is 1.82. The monoisotopic (exact) mass is 328 g/mol. The number of hydrogen-bond donors (Lipinski definition) is 1. The van der Waals surface area contributed by atoms with Gasteiger partial charge in [0.05, 0.1) is 31.3 Å². The van der Waals surface area contributed by atoms with E-state index in [1.165, 1.54) is 0 Å². The van der Waals surface area contributed by atoms with E-state index in [1.54, 1.807) is 17.1 Å². The first-order chi connectivity index (χ1) is 11.6. The van der Waals surface area contributed by atoms with Crippen molar-refractivity contribution in [3.63, 3.8) is 0 Å². The Morgan fingerprint density at radius 3 is 2.62 bits per heavy atom. The molecule has 2 N–H and O–H groups in total. The molecule has 6 heteroatoms. The summed E-state index contributed by atoms with van der Waals surface area (Å²) in [5, 5.41) is 4.36. The topological polar surface area (TPSA) is 74.7 Å². The van der Waals surface area contributed by atoms with Crippen molar-refractivity contribution in [3.8, 4) is 11.5 Å². The van der Waals surface area contributed by atoms with E-state index in [1.807, 2.05) is 39.0 Å². The van der Waals surface area contributed by atoms with Gasteiger partial charge < -0.3 is 15.2 Å². The van der Waals surface area contributed by atoms with Gasteiger partial charge in [-0.1, -0.05) is 6.08 Å². The van der Waals surface area contributed by atoms with Gasteiger partial charge in [0, 0.05) is 5.56 Å². The number of benzene rings is 1. The van der Waals surface area contributed by atoms with Crippen LogP contribution in [0.5, 0.6) is 11.5 Å². The highest BCUT2D eigenvalue weighted by atomic mass is 16.5. The van der Waals surface area contributed by atoms with Crippen LogP contribution in [0.1, 0.15) is 30.7 Å². The smallest absolute Gasteiger partial charge is 0.221 e. The molecule has 0 aliphatic rings. The van der Waals surface area contributed by atoms with Crippen LogP contribution in [0.3, 0.4) is 0 Å². The highest BCUT2D eigenvalue weighted by Crippen LogP contribution is 2.33. The molecule has 0 aliphatic heterocycles. The lowest BCUT2D eigenvalue weighted by molar-refractivity contribution is 0.285. The van der Waals surface area contributed by atoms with E-state index in [9.17, 15) is 0 Å². The summed E-state index contributed by atoms with van der Waals surface area (Å²) in [6.45, 7) is 10.7. The second kappa shape index (κ2) is 8.19. The summed E-state index contributed by atoms with van der Waals surface area (Å²) < 4.78 is 13.0. The van der Waals surface area contributed by atoms with Crippen LogP contribution in [0.25, 0.3) is 0 Å². The van der Waals surface area contributed by atoms with Gasteiger partial charge in [-0.3, -0.25) is 0 Å². The van der Waals surface area contributed by atoms with E-state index in [0.717, 1.165) is 22.6 Å². The summed E-state index contributed by atoms with van der Waals surface area (Å²) in [6, 6.07) is 3.92. The third kappa shape index (κ3) is 4.16. The largest absolute Gasteiger partial charge is 0.490 e. The zero-order valence-electron chi connectivity index (χ0n) is 14.5. The molecule has 0 radical (unpaired) electrons. The lowest BCUT2D eigenvalue weighted by Gasteiger charge is -2.15. The first-order valence-corrected chi connectivity index (χ1v) is 7.98. The molecule has 0 unspecified atom stereocenters. The quantitative estimate of drug-likeness (QED) is 0.596. The van der Waals surface area contributed by atoms with Crippen molar-refractivity contribution in [2.24, 2.45) is 5.10 Å². The molecule has 0 atom stereocenters. The van der Waals surface area contributed by atoms with E-state index < -0.39 is 0 Å². The molecular formula is C18H24N4O2. The average Bonchev–Trinajstić information content (AvgIpc) is 2.86. The molecule has 0 amide bonds. The lowest BCUT2D eigenvalue weighted by atomic mass is 10.1. The number of imidazole rings is 1. The maximum absolute atomic E-state index is 5.80. The Labute approximate surface area is 142 Å². The average molecular weight is 328 g/mol. The van der Waals surface area contributed by atoms with Crippen LogP contribution in [0.2, 0.25) is 0 Å². The molecule has 0 saturated heterocycles. The van der Waals surface area contributed by atoms with Crippen LogP contribution < -0.4 is 15.2 Å². The van der Waals surface area contributed by atoms with Crippen molar-refractivity contribution < 1.29 is 9.47 Å². The summed E-state index contributed by atoms with van der Waals surface area (Å²) in [5.41, 5.74) is 8.52. The van der Waals surface area contributed by atoms with Crippen LogP contribution in [0.15, 0.2) is 36.1 Å². The van der Waals surface area contributed by atoms with Crippen molar-refractivity contribution in [3.05, 3.63) is 47.8 Å². The van der Waals surface area contributed by atoms with Crippen molar-refractivity contribution in [1.29, 1.82) is 0 Å². The van der Waals surface area contributed by atoms with E-state index in [2.05, 4.69) is 16.7 Å². The molecule has 2 rings (SSSR count). The summed E-state index contributed by atoms with van der Waals surface area (Å²) in [7, 11) is 0. The maximum atomic E-state index is 5.80. The highest BCUT2D eigenvalue weighted by molar-refractivity contribution is 5.81. The second-order valence-electron chi connectivity index (χ2n) is 5.20. The van der Waals surface area contributed by atoms with Gasteiger partial charge in [0.2, 0.25) is 5.95 Å². The summed E-state index contributed by atoms with van der Waals surface area (Å²) >= 11 is 0. The van der Waals surface area contributed by atoms with Crippen LogP contribution in [0.4, 0.5) is 5.95 Å². The van der Waals surface area contributed by atoms with Gasteiger partial charge in [-0.2, -0.15) is 5.10 Å². The number of nitrogens with zero attached hydrogens (tertiary/aromatic N) is 3. The predicted molar refractivity (Wildman–Crippen MR) is 97.0 cm³/mol. The molecule has 0 fully saturated rings. The van der Waals surface area contributed by atoms with Crippen molar-refractivity contribution in [2.45, 2.75) is 27.2 Å². The van der Waals surface area contributed by atoms with Gasteiger partial charge in [-0.25, -0.2) is 9.66 Å². The van der Waals surface area contributed by atoms with Gasteiger partial charge in [0.25, 0.3) is 0 Å². The van der Waals surface area contributed by atoms with Gasteiger partial charge in [-0.15, -0.1) is 6.58 Å². The molecule has 0 aliphatic carbocycles. The Morgan fingerprint density at radius 1 is 1.29 bits per heavy atom. The maximum Gasteiger partial charge on any atom is 0.221 e. The van der Waals surface area contributed by atoms with Crippen LogP contribution in [-0.2, 0) is 6.42 Å². The number of nitrogens with two attached hydrogens (primary N) is 1. The number of hydrogen-bond acceptors (Lipinski definition) is 5. The third-order valence-electron chi connectivity index (χ3n) is 3.27. The SMILES string of the molecule is C=CCc1cc(C=Nn2cc(C)nc2N)cc(OCC)c1OCC. The Kier molecular flexibility index (Phi) is 6.01. The van der Waals surface area contributed by atoms with Gasteiger partial charge in [0.15, 0.2) is 11.5 Å². The molecule has 0 spiro atoms. The van der Waals surface area contributed by atoms with E-state index in [0.29, 0.717) is 31.3 Å². The van der Waals surface area contributed by atoms with Gasteiger partial charge in [-0.05, 0) is 44.9 Å². The first-order valence-electron chi connectivity index (χ1n) is 7.98. The minimum absolute atomic E-state index is 0.353. The fraction of sp³-hybridized carbons (Fsp3) is 0.333. The Morgan fingerprint density at radius 2 is 2.04 bits per heavy atom. The number of aromatic nitrogens is 2. The highest BCUT2D eigenvalue weighted by Gasteiger charge is 2.12. The molecule has 0 saturated carbocycles. The number of nitrogen functional groups attached to an aromatic ring is 1. The molecular weight excluding hydrogens is 304 g/mol.